The molecule has 0 amide bonds. The number of nitrogens with two attached hydrogens (primary N) is 1. The fourth-order valence-electron chi connectivity index (χ4n) is 2.88. The van der Waals surface area contributed by atoms with Crippen LogP contribution in [0.15, 0.2) is 48.6 Å². The van der Waals surface area contributed by atoms with E-state index in [9.17, 15) is 19.0 Å². The molecule has 2 atom stereocenters. The molecule has 0 spiro atoms. The highest BCUT2D eigenvalue weighted by Crippen LogP contribution is 2.43. The molecule has 0 bridgehead atoms. The third kappa shape index (κ3) is 25.4. The minimum Gasteiger partial charge on any atom is -0.462 e. The van der Waals surface area contributed by atoms with E-state index in [0.717, 1.165) is 19.3 Å². The number of rotatable bonds is 23. The van der Waals surface area contributed by atoms with Crippen LogP contribution in [0, 0.1) is 0 Å². The second kappa shape index (κ2) is 24.3. The van der Waals surface area contributed by atoms with E-state index >= 15 is 0 Å². The van der Waals surface area contributed by atoms with Crippen molar-refractivity contribution in [1.82, 2.24) is 0 Å². The summed E-state index contributed by atoms with van der Waals surface area (Å²) in [6, 6.07) is 0. The van der Waals surface area contributed by atoms with E-state index in [4.69, 9.17) is 19.7 Å². The monoisotopic (exact) mass is 543 g/mol. The lowest BCUT2D eigenvalue weighted by Crippen LogP contribution is -2.29. The van der Waals surface area contributed by atoms with Crippen molar-refractivity contribution >= 4 is 19.8 Å². The molecule has 0 aromatic carbocycles. The number of hydrogen-bond donors (Lipinski definition) is 2. The summed E-state index contributed by atoms with van der Waals surface area (Å²) in [5.41, 5.74) is 5.22. The van der Waals surface area contributed by atoms with Gasteiger partial charge in [-0.25, -0.2) is 4.57 Å². The van der Waals surface area contributed by atoms with Gasteiger partial charge in [0.05, 0.1) is 13.2 Å². The Bertz CT molecular complexity index is 764. The molecule has 0 rings (SSSR count). The first-order valence-electron chi connectivity index (χ1n) is 13.1. The molecule has 0 fully saturated rings. The molecular formula is C27H46NO8P. The highest BCUT2D eigenvalue weighted by molar-refractivity contribution is 7.47. The molecule has 0 aromatic rings. The highest BCUT2D eigenvalue weighted by Gasteiger charge is 2.25. The summed E-state index contributed by atoms with van der Waals surface area (Å²) >= 11 is 0. The molecule has 10 heteroatoms. The van der Waals surface area contributed by atoms with Gasteiger partial charge in [0.25, 0.3) is 0 Å². The van der Waals surface area contributed by atoms with Gasteiger partial charge in [-0.15, -0.1) is 0 Å². The third-order valence-electron chi connectivity index (χ3n) is 4.78. The van der Waals surface area contributed by atoms with Gasteiger partial charge in [-0.1, -0.05) is 68.4 Å². The topological polar surface area (TPSA) is 134 Å². The number of carbonyl (C=O) groups is 2. The van der Waals surface area contributed by atoms with Crippen LogP contribution >= 0.6 is 7.82 Å². The molecular weight excluding hydrogens is 497 g/mol. The first-order valence-corrected chi connectivity index (χ1v) is 14.5. The summed E-state index contributed by atoms with van der Waals surface area (Å²) < 4.78 is 31.2. The van der Waals surface area contributed by atoms with Gasteiger partial charge in [0.1, 0.15) is 6.61 Å². The molecule has 9 nitrogen and oxygen atoms in total. The Morgan fingerprint density at radius 1 is 0.865 bits per heavy atom. The Morgan fingerprint density at radius 3 is 1.97 bits per heavy atom. The summed E-state index contributed by atoms with van der Waals surface area (Å²) in [5.74, 6) is -1.10. The Morgan fingerprint density at radius 2 is 1.43 bits per heavy atom. The lowest BCUT2D eigenvalue weighted by atomic mass is 10.2. The number of phosphoric ester groups is 1. The van der Waals surface area contributed by atoms with Crippen molar-refractivity contribution in [2.24, 2.45) is 5.73 Å². The van der Waals surface area contributed by atoms with Crippen LogP contribution in [0.25, 0.3) is 0 Å². The first-order chi connectivity index (χ1) is 17.8. The van der Waals surface area contributed by atoms with E-state index in [1.165, 1.54) is 32.6 Å². The van der Waals surface area contributed by atoms with Gasteiger partial charge in [-0.3, -0.25) is 18.6 Å². The maximum Gasteiger partial charge on any atom is 0.472 e. The van der Waals surface area contributed by atoms with Crippen LogP contribution in [0.4, 0.5) is 0 Å². The summed E-state index contributed by atoms with van der Waals surface area (Å²) in [5, 5.41) is 0. The molecule has 0 aromatic heterocycles. The van der Waals surface area contributed by atoms with E-state index in [1.807, 2.05) is 12.2 Å². The number of allylic oxidation sites excluding steroid dienone is 8. The zero-order valence-electron chi connectivity index (χ0n) is 22.4. The number of unbranched alkanes of at least 4 members (excludes halogenated alkanes) is 4. The molecule has 37 heavy (non-hydrogen) atoms. The van der Waals surface area contributed by atoms with Crippen molar-refractivity contribution in [3.63, 3.8) is 0 Å². The van der Waals surface area contributed by atoms with Crippen molar-refractivity contribution in [1.29, 1.82) is 0 Å². The minimum absolute atomic E-state index is 0.0409. The second-order valence-electron chi connectivity index (χ2n) is 8.28. The van der Waals surface area contributed by atoms with Crippen LogP contribution in [0.1, 0.15) is 78.1 Å². The van der Waals surface area contributed by atoms with Crippen LogP contribution < -0.4 is 5.73 Å². The number of phosphoric acid groups is 1. The molecule has 3 N–H and O–H groups in total. The van der Waals surface area contributed by atoms with Crippen LogP contribution in [0.3, 0.4) is 0 Å². The zero-order chi connectivity index (χ0) is 27.6. The van der Waals surface area contributed by atoms with Crippen LogP contribution in [0.5, 0.6) is 0 Å². The van der Waals surface area contributed by atoms with E-state index in [0.29, 0.717) is 12.8 Å². The van der Waals surface area contributed by atoms with Gasteiger partial charge < -0.3 is 20.1 Å². The smallest absolute Gasteiger partial charge is 0.462 e. The maximum absolute atomic E-state index is 12.1. The van der Waals surface area contributed by atoms with Crippen LogP contribution in [-0.2, 0) is 32.7 Å². The average molecular weight is 544 g/mol. The Hall–Kier alpha value is -2.03. The summed E-state index contributed by atoms with van der Waals surface area (Å²) in [7, 11) is -4.34. The largest absolute Gasteiger partial charge is 0.472 e. The van der Waals surface area contributed by atoms with Crippen molar-refractivity contribution in [3.8, 4) is 0 Å². The fraction of sp³-hybridized carbons (Fsp3) is 0.630. The lowest BCUT2D eigenvalue weighted by Gasteiger charge is -2.19. The minimum atomic E-state index is -4.34. The summed E-state index contributed by atoms with van der Waals surface area (Å²) in [6.07, 6.45) is 25.2. The molecule has 0 saturated heterocycles. The fourth-order valence-corrected chi connectivity index (χ4v) is 3.64. The Labute approximate surface area is 222 Å². The molecule has 0 aliphatic rings. The Balaban J connectivity index is 4.09. The zero-order valence-corrected chi connectivity index (χ0v) is 23.3. The Kier molecular flexibility index (Phi) is 23.0. The van der Waals surface area contributed by atoms with Crippen molar-refractivity contribution in [2.45, 2.75) is 84.2 Å². The molecule has 0 aliphatic carbocycles. The van der Waals surface area contributed by atoms with E-state index in [1.54, 1.807) is 0 Å². The first kappa shape index (κ1) is 35.0. The molecule has 1 unspecified atom stereocenters. The van der Waals surface area contributed by atoms with Crippen LogP contribution in [-0.4, -0.2) is 49.3 Å². The molecule has 0 aliphatic heterocycles. The molecule has 0 radical (unpaired) electrons. The summed E-state index contributed by atoms with van der Waals surface area (Å²) in [6.45, 7) is 2.53. The van der Waals surface area contributed by atoms with Crippen molar-refractivity contribution < 1.29 is 37.6 Å². The van der Waals surface area contributed by atoms with Crippen molar-refractivity contribution in [2.75, 3.05) is 26.4 Å². The number of ether oxygens (including phenoxy) is 2. The normalized spacial score (nSPS) is 14.6. The quantitative estimate of drug-likeness (QED) is 0.0720. The average Bonchev–Trinajstić information content (AvgIpc) is 2.86. The number of esters is 2. The highest BCUT2D eigenvalue weighted by atomic mass is 31.2. The van der Waals surface area contributed by atoms with Gasteiger partial charge in [0, 0.05) is 19.9 Å². The lowest BCUT2D eigenvalue weighted by molar-refractivity contribution is -0.160. The third-order valence-corrected chi connectivity index (χ3v) is 5.76. The summed E-state index contributed by atoms with van der Waals surface area (Å²) in [4.78, 5) is 32.7. The van der Waals surface area contributed by atoms with Gasteiger partial charge in [-0.05, 0) is 44.9 Å². The van der Waals surface area contributed by atoms with Gasteiger partial charge >= 0.3 is 19.8 Å². The molecule has 0 heterocycles. The maximum atomic E-state index is 12.1. The molecule has 212 valence electrons. The predicted molar refractivity (Wildman–Crippen MR) is 146 cm³/mol. The van der Waals surface area contributed by atoms with Gasteiger partial charge in [0.15, 0.2) is 6.10 Å². The van der Waals surface area contributed by atoms with Gasteiger partial charge in [-0.2, -0.15) is 0 Å². The van der Waals surface area contributed by atoms with Crippen LogP contribution in [0.2, 0.25) is 0 Å². The van der Waals surface area contributed by atoms with Crippen molar-refractivity contribution in [3.05, 3.63) is 48.6 Å². The van der Waals surface area contributed by atoms with Gasteiger partial charge in [0.2, 0.25) is 0 Å². The predicted octanol–water partition coefficient (Wildman–Crippen LogP) is 5.70. The second-order valence-corrected chi connectivity index (χ2v) is 9.73. The SMILES string of the molecule is CCCCC/C=C/C/C=C/C/C=C\C/C=C/CCCC(=O)O[C@H](COC(C)=O)COP(=O)(O)OCCN. The standard InChI is InChI=1S/C27H46NO8P/c1-3-4-5-6-7-8-9-10-11-12-13-14-15-16-17-18-19-20-27(30)36-26(23-33-25(2)29)24-35-37(31,32)34-22-21-28/h7-8,10-11,13-14,16-17,26H,3-6,9,12,15,18-24,28H2,1-2H3,(H,31,32)/b8-7+,11-10+,14-13-,17-16+/t26-/m1/s1. The number of hydrogen-bond acceptors (Lipinski definition) is 8. The molecule has 0 saturated carbocycles. The number of carbonyl (C=O) groups excluding carboxylic acids is 2. The van der Waals surface area contributed by atoms with E-state index in [-0.39, 0.29) is 26.2 Å². The van der Waals surface area contributed by atoms with E-state index < -0.39 is 32.5 Å². The van der Waals surface area contributed by atoms with E-state index in [2.05, 4.69) is 47.9 Å².